The second kappa shape index (κ2) is 11.1. The number of hydrogen-bond donors (Lipinski definition) is 3. The molecule has 3 rings (SSSR count). The van der Waals surface area contributed by atoms with E-state index in [1.54, 1.807) is 18.0 Å². The summed E-state index contributed by atoms with van der Waals surface area (Å²) in [5, 5.41) is 13.6. The lowest BCUT2D eigenvalue weighted by molar-refractivity contribution is 0.577. The predicted octanol–water partition coefficient (Wildman–Crippen LogP) is 3.97. The number of thioether (sulfide) groups is 1. The Kier molecular flexibility index (Phi) is 8.84. The highest BCUT2D eigenvalue weighted by atomic mass is 127. The largest absolute Gasteiger partial charge is 0.461 e. The van der Waals surface area contributed by atoms with E-state index in [0.717, 1.165) is 12.5 Å². The average Bonchev–Trinajstić information content (AvgIpc) is 3.36. The van der Waals surface area contributed by atoms with Crippen molar-refractivity contribution in [1.82, 2.24) is 25.8 Å². The maximum absolute atomic E-state index is 5.31. The first-order chi connectivity index (χ1) is 13.2. The van der Waals surface area contributed by atoms with E-state index in [1.807, 2.05) is 19.1 Å². The minimum Gasteiger partial charge on any atom is -0.461 e. The molecule has 3 N–H and O–H groups in total. The van der Waals surface area contributed by atoms with Gasteiger partial charge < -0.3 is 15.1 Å². The molecule has 0 aliphatic rings. The summed E-state index contributed by atoms with van der Waals surface area (Å²) in [4.78, 5) is 10.4. The quantitative estimate of drug-likeness (QED) is 0.192. The number of benzene rings is 1. The molecule has 3 aromatic rings. The van der Waals surface area contributed by atoms with Gasteiger partial charge in [0.05, 0.1) is 19.4 Å². The summed E-state index contributed by atoms with van der Waals surface area (Å²) in [6, 6.07) is 10.1. The Hall–Kier alpha value is -2.01. The van der Waals surface area contributed by atoms with Gasteiger partial charge in [-0.15, -0.1) is 40.8 Å². The molecule has 0 fully saturated rings. The number of nitrogens with one attached hydrogen (secondary N) is 3. The molecule has 2 aromatic heterocycles. The van der Waals surface area contributed by atoms with E-state index >= 15 is 0 Å². The van der Waals surface area contributed by atoms with E-state index < -0.39 is 0 Å². The molecule has 9 heteroatoms. The van der Waals surface area contributed by atoms with Crippen LogP contribution in [-0.2, 0) is 13.1 Å². The molecule has 0 aliphatic heterocycles. The van der Waals surface area contributed by atoms with Crippen molar-refractivity contribution in [2.75, 3.05) is 12.8 Å². The Morgan fingerprint density at radius 3 is 2.86 bits per heavy atom. The van der Waals surface area contributed by atoms with Crippen LogP contribution in [0.2, 0.25) is 0 Å². The molecule has 2 heterocycles. The van der Waals surface area contributed by atoms with Crippen molar-refractivity contribution in [2.45, 2.75) is 31.8 Å². The first-order valence-corrected chi connectivity index (χ1v) is 10.0. The molecule has 0 amide bonds. The maximum atomic E-state index is 5.31. The van der Waals surface area contributed by atoms with Crippen LogP contribution in [0.25, 0.3) is 11.6 Å². The third kappa shape index (κ3) is 5.99. The SMILES string of the molecule is CCNC(=NCc1ccc(C)cc1SC)NCc1nc(-c2ccco2)n[nH]1.I. The molecule has 0 saturated heterocycles. The number of H-pyrrole nitrogens is 1. The van der Waals surface area contributed by atoms with Gasteiger partial charge in [-0.1, -0.05) is 12.1 Å². The van der Waals surface area contributed by atoms with Gasteiger partial charge in [-0.05, 0) is 49.4 Å². The molecule has 1 aromatic carbocycles. The molecule has 0 aliphatic carbocycles. The van der Waals surface area contributed by atoms with Gasteiger partial charge >= 0.3 is 0 Å². The Balaban J connectivity index is 0.00000280. The van der Waals surface area contributed by atoms with E-state index in [0.29, 0.717) is 30.5 Å². The van der Waals surface area contributed by atoms with E-state index in [4.69, 9.17) is 9.41 Å². The second-order valence-electron chi connectivity index (χ2n) is 5.95. The summed E-state index contributed by atoms with van der Waals surface area (Å²) in [7, 11) is 0. The second-order valence-corrected chi connectivity index (χ2v) is 6.80. The lowest BCUT2D eigenvalue weighted by atomic mass is 10.1. The van der Waals surface area contributed by atoms with Crippen molar-refractivity contribution in [2.24, 2.45) is 4.99 Å². The van der Waals surface area contributed by atoms with Gasteiger partial charge in [-0.25, -0.2) is 9.98 Å². The van der Waals surface area contributed by atoms with Gasteiger partial charge in [0.1, 0.15) is 5.82 Å². The summed E-state index contributed by atoms with van der Waals surface area (Å²) >= 11 is 1.74. The van der Waals surface area contributed by atoms with Crippen LogP contribution in [0.5, 0.6) is 0 Å². The van der Waals surface area contributed by atoms with E-state index in [2.05, 4.69) is 57.2 Å². The molecular formula is C19H25IN6OS. The highest BCUT2D eigenvalue weighted by Gasteiger charge is 2.09. The molecule has 0 atom stereocenters. The molecule has 0 saturated carbocycles. The van der Waals surface area contributed by atoms with Crippen molar-refractivity contribution in [1.29, 1.82) is 0 Å². The van der Waals surface area contributed by atoms with Crippen molar-refractivity contribution in [3.63, 3.8) is 0 Å². The summed E-state index contributed by atoms with van der Waals surface area (Å²) in [6.07, 6.45) is 3.69. The standard InChI is InChI=1S/C19H24N6OS.HI/c1-4-20-19(21-11-14-8-7-13(2)10-16(14)27-3)22-12-17-23-18(25-24-17)15-6-5-9-26-15;/h5-10H,4,11-12H2,1-3H3,(H2,20,21,22)(H,23,24,25);1H. The van der Waals surface area contributed by atoms with Crippen LogP contribution in [0.1, 0.15) is 23.9 Å². The fourth-order valence-electron chi connectivity index (χ4n) is 2.55. The van der Waals surface area contributed by atoms with Gasteiger partial charge in [0.25, 0.3) is 0 Å². The van der Waals surface area contributed by atoms with Crippen molar-refractivity contribution in [3.05, 3.63) is 53.5 Å². The van der Waals surface area contributed by atoms with Crippen LogP contribution < -0.4 is 10.6 Å². The molecule has 28 heavy (non-hydrogen) atoms. The number of nitrogens with zero attached hydrogens (tertiary/aromatic N) is 3. The summed E-state index contributed by atoms with van der Waals surface area (Å²) in [5.74, 6) is 2.64. The van der Waals surface area contributed by atoms with Gasteiger partial charge in [-0.2, -0.15) is 0 Å². The average molecular weight is 512 g/mol. The topological polar surface area (TPSA) is 91.1 Å². The Labute approximate surface area is 186 Å². The number of aryl methyl sites for hydroxylation is 1. The minimum atomic E-state index is 0. The Morgan fingerprint density at radius 2 is 2.14 bits per heavy atom. The molecular weight excluding hydrogens is 487 g/mol. The lowest BCUT2D eigenvalue weighted by Crippen LogP contribution is -2.37. The summed E-state index contributed by atoms with van der Waals surface area (Å²) in [6.45, 7) is 6.03. The van der Waals surface area contributed by atoms with E-state index in [9.17, 15) is 0 Å². The highest BCUT2D eigenvalue weighted by molar-refractivity contribution is 14.0. The van der Waals surface area contributed by atoms with Crippen molar-refractivity contribution < 1.29 is 4.42 Å². The molecule has 0 bridgehead atoms. The van der Waals surface area contributed by atoms with Gasteiger partial charge in [0.15, 0.2) is 11.7 Å². The fourth-order valence-corrected chi connectivity index (χ4v) is 3.24. The van der Waals surface area contributed by atoms with E-state index in [-0.39, 0.29) is 24.0 Å². The summed E-state index contributed by atoms with van der Waals surface area (Å²) in [5.41, 5.74) is 2.47. The first kappa shape index (κ1) is 22.3. The fraction of sp³-hybridized carbons (Fsp3) is 0.316. The van der Waals surface area contributed by atoms with E-state index in [1.165, 1.54) is 16.0 Å². The number of furan rings is 1. The van der Waals surface area contributed by atoms with Crippen molar-refractivity contribution in [3.8, 4) is 11.6 Å². The molecule has 0 spiro atoms. The number of aromatic nitrogens is 3. The van der Waals surface area contributed by atoms with Gasteiger partial charge in [-0.3, -0.25) is 5.10 Å². The van der Waals surface area contributed by atoms with Crippen LogP contribution in [0.4, 0.5) is 0 Å². The number of rotatable bonds is 7. The van der Waals surface area contributed by atoms with Crippen LogP contribution in [0, 0.1) is 6.92 Å². The molecule has 7 nitrogen and oxygen atoms in total. The van der Waals surface area contributed by atoms with Crippen LogP contribution in [0.15, 0.2) is 50.9 Å². The zero-order valence-electron chi connectivity index (χ0n) is 16.2. The molecule has 150 valence electrons. The van der Waals surface area contributed by atoms with Gasteiger partial charge in [0, 0.05) is 11.4 Å². The highest BCUT2D eigenvalue weighted by Crippen LogP contribution is 2.22. The van der Waals surface area contributed by atoms with Crippen LogP contribution in [0.3, 0.4) is 0 Å². The third-order valence-corrected chi connectivity index (χ3v) is 4.71. The normalized spacial score (nSPS) is 11.2. The number of aliphatic imine (C=N–C) groups is 1. The van der Waals surface area contributed by atoms with Crippen LogP contribution >= 0.6 is 35.7 Å². The van der Waals surface area contributed by atoms with Crippen LogP contribution in [-0.4, -0.2) is 33.9 Å². The number of guanidine groups is 1. The Morgan fingerprint density at radius 1 is 1.29 bits per heavy atom. The molecule has 0 radical (unpaired) electrons. The zero-order chi connectivity index (χ0) is 19.1. The van der Waals surface area contributed by atoms with Crippen molar-refractivity contribution >= 4 is 41.7 Å². The predicted molar refractivity (Wildman–Crippen MR) is 124 cm³/mol. The number of hydrogen-bond acceptors (Lipinski definition) is 5. The minimum absolute atomic E-state index is 0. The summed E-state index contributed by atoms with van der Waals surface area (Å²) < 4.78 is 5.31. The third-order valence-electron chi connectivity index (χ3n) is 3.89. The monoisotopic (exact) mass is 512 g/mol. The lowest BCUT2D eigenvalue weighted by Gasteiger charge is -2.11. The zero-order valence-corrected chi connectivity index (χ0v) is 19.3. The number of halogens is 1. The van der Waals surface area contributed by atoms with Gasteiger partial charge in [0.2, 0.25) is 5.82 Å². The first-order valence-electron chi connectivity index (χ1n) is 8.80. The Bertz CT molecular complexity index is 894. The maximum Gasteiger partial charge on any atom is 0.216 e. The number of aromatic amines is 1. The smallest absolute Gasteiger partial charge is 0.216 e. The molecule has 0 unspecified atom stereocenters.